The number of oxime groups is 1. The molecule has 6 nitrogen and oxygen atoms in total. The molecule has 7 heteroatoms. The highest BCUT2D eigenvalue weighted by atomic mass is 32.2. The quantitative estimate of drug-likeness (QED) is 0.589. The van der Waals surface area contributed by atoms with Crippen LogP contribution in [0.25, 0.3) is 0 Å². The van der Waals surface area contributed by atoms with Gasteiger partial charge >= 0.3 is 6.09 Å². The maximum atomic E-state index is 10.9. The Labute approximate surface area is 98.7 Å². The summed E-state index contributed by atoms with van der Waals surface area (Å²) in [5.74, 6) is 0.819. The number of ether oxygens (including phenoxy) is 2. The fourth-order valence-electron chi connectivity index (χ4n) is 1.15. The summed E-state index contributed by atoms with van der Waals surface area (Å²) in [7, 11) is 3.11. The first-order valence-electron chi connectivity index (χ1n) is 4.98. The van der Waals surface area contributed by atoms with E-state index in [-0.39, 0.29) is 6.10 Å². The van der Waals surface area contributed by atoms with Crippen molar-refractivity contribution in [3.8, 4) is 0 Å². The molecule has 1 N–H and O–H groups in total. The Morgan fingerprint density at radius 2 is 2.56 bits per heavy atom. The predicted octanol–water partition coefficient (Wildman–Crippen LogP) is 0.824. The van der Waals surface area contributed by atoms with Crippen molar-refractivity contribution in [2.75, 3.05) is 33.1 Å². The molecule has 0 radical (unpaired) electrons. The molecule has 1 saturated heterocycles. The second-order valence-electron chi connectivity index (χ2n) is 3.05. The average molecular weight is 248 g/mol. The number of carbonyl (C=O) groups is 1. The molecule has 0 spiro atoms. The molecular weight excluding hydrogens is 232 g/mol. The Balaban J connectivity index is 2.48. The Morgan fingerprint density at radius 3 is 3.25 bits per heavy atom. The molecule has 0 bridgehead atoms. The lowest BCUT2D eigenvalue weighted by Gasteiger charge is -2.22. The Hall–Kier alpha value is -0.790. The number of nitrogens with one attached hydrogen (secondary N) is 1. The molecule has 1 fully saturated rings. The lowest BCUT2D eigenvalue weighted by Crippen LogP contribution is -2.30. The highest BCUT2D eigenvalue weighted by molar-refractivity contribution is 8.14. The van der Waals surface area contributed by atoms with E-state index in [1.807, 2.05) is 0 Å². The van der Waals surface area contributed by atoms with Gasteiger partial charge in [-0.3, -0.25) is 4.84 Å². The minimum absolute atomic E-state index is 0.136. The van der Waals surface area contributed by atoms with E-state index in [0.29, 0.717) is 24.7 Å². The maximum Gasteiger partial charge on any atom is 0.433 e. The van der Waals surface area contributed by atoms with Crippen LogP contribution in [0.15, 0.2) is 5.16 Å². The lowest BCUT2D eigenvalue weighted by molar-refractivity contribution is 0.0751. The van der Waals surface area contributed by atoms with Gasteiger partial charge in [-0.25, -0.2) is 4.79 Å². The Kier molecular flexibility index (Phi) is 6.20. The minimum atomic E-state index is -0.579. The number of rotatable bonds is 4. The van der Waals surface area contributed by atoms with E-state index in [2.05, 4.69) is 15.3 Å². The van der Waals surface area contributed by atoms with Gasteiger partial charge in [-0.2, -0.15) is 0 Å². The van der Waals surface area contributed by atoms with Crippen LogP contribution in [0.3, 0.4) is 0 Å². The third-order valence-corrected chi connectivity index (χ3v) is 2.94. The summed E-state index contributed by atoms with van der Waals surface area (Å²) in [6, 6.07) is 0. The molecule has 92 valence electrons. The number of thioether (sulfide) groups is 1. The molecule has 1 atom stereocenters. The second kappa shape index (κ2) is 7.48. The molecule has 1 aliphatic rings. The van der Waals surface area contributed by atoms with Gasteiger partial charge in [0.25, 0.3) is 0 Å². The highest BCUT2D eigenvalue weighted by Crippen LogP contribution is 2.19. The first-order valence-corrected chi connectivity index (χ1v) is 5.96. The molecule has 1 rings (SSSR count). The summed E-state index contributed by atoms with van der Waals surface area (Å²) < 4.78 is 10.5. The smallest absolute Gasteiger partial charge is 0.385 e. The van der Waals surface area contributed by atoms with E-state index >= 15 is 0 Å². The first-order chi connectivity index (χ1) is 7.77. The van der Waals surface area contributed by atoms with Crippen molar-refractivity contribution in [3.63, 3.8) is 0 Å². The van der Waals surface area contributed by atoms with Crippen LogP contribution in [0.1, 0.15) is 6.42 Å². The minimum Gasteiger partial charge on any atom is -0.385 e. The third kappa shape index (κ3) is 4.38. The summed E-state index contributed by atoms with van der Waals surface area (Å²) >= 11 is 1.54. The number of amides is 1. The van der Waals surface area contributed by atoms with Gasteiger partial charge in [-0.05, 0) is 0 Å². The van der Waals surface area contributed by atoms with Crippen molar-refractivity contribution in [3.05, 3.63) is 0 Å². The van der Waals surface area contributed by atoms with Crippen molar-refractivity contribution in [2.24, 2.45) is 5.16 Å². The number of hydrogen-bond acceptors (Lipinski definition) is 6. The van der Waals surface area contributed by atoms with Crippen LogP contribution >= 0.6 is 11.8 Å². The zero-order chi connectivity index (χ0) is 11.8. The number of hydrogen-bond donors (Lipinski definition) is 1. The normalized spacial score (nSPS) is 23.1. The van der Waals surface area contributed by atoms with Crippen LogP contribution in [0.5, 0.6) is 0 Å². The average Bonchev–Trinajstić information content (AvgIpc) is 2.34. The molecule has 1 unspecified atom stereocenters. The molecule has 1 heterocycles. The van der Waals surface area contributed by atoms with Crippen LogP contribution in [-0.2, 0) is 14.3 Å². The lowest BCUT2D eigenvalue weighted by atomic mass is 10.3. The summed E-state index contributed by atoms with van der Waals surface area (Å²) in [5.41, 5.74) is 0. The summed E-state index contributed by atoms with van der Waals surface area (Å²) in [4.78, 5) is 15.5. The topological polar surface area (TPSA) is 69.2 Å². The number of nitrogens with zero attached hydrogens (tertiary/aromatic N) is 1. The fraction of sp³-hybridized carbons (Fsp3) is 0.778. The van der Waals surface area contributed by atoms with Gasteiger partial charge in [0.2, 0.25) is 0 Å². The van der Waals surface area contributed by atoms with Crippen molar-refractivity contribution >= 4 is 22.9 Å². The first kappa shape index (κ1) is 13.3. The van der Waals surface area contributed by atoms with E-state index < -0.39 is 6.09 Å². The number of methoxy groups -OCH3 is 1. The number of carbonyl (C=O) groups excluding carboxylic acids is 1. The van der Waals surface area contributed by atoms with Crippen LogP contribution in [-0.4, -0.2) is 50.4 Å². The molecule has 0 aliphatic carbocycles. The summed E-state index contributed by atoms with van der Waals surface area (Å²) in [6.07, 6.45) is -0.00748. The Bertz CT molecular complexity index is 260. The summed E-state index contributed by atoms with van der Waals surface area (Å²) in [5, 5.41) is 6.78. The zero-order valence-corrected chi connectivity index (χ0v) is 10.2. The van der Waals surface area contributed by atoms with Gasteiger partial charge in [-0.1, -0.05) is 5.16 Å². The third-order valence-electron chi connectivity index (χ3n) is 1.93. The van der Waals surface area contributed by atoms with E-state index in [0.717, 1.165) is 5.75 Å². The van der Waals surface area contributed by atoms with Gasteiger partial charge in [0.05, 0.1) is 6.61 Å². The SMILES string of the molecule is CNC(=O)ON=C1SCCOC1CCOC. The van der Waals surface area contributed by atoms with Gasteiger partial charge in [0.15, 0.2) is 0 Å². The van der Waals surface area contributed by atoms with Crippen molar-refractivity contribution in [2.45, 2.75) is 12.5 Å². The van der Waals surface area contributed by atoms with Gasteiger partial charge in [-0.15, -0.1) is 11.8 Å². The van der Waals surface area contributed by atoms with Crippen molar-refractivity contribution in [1.29, 1.82) is 0 Å². The van der Waals surface area contributed by atoms with Crippen LogP contribution < -0.4 is 5.32 Å². The zero-order valence-electron chi connectivity index (χ0n) is 9.39. The van der Waals surface area contributed by atoms with E-state index in [1.165, 1.54) is 18.8 Å². The van der Waals surface area contributed by atoms with E-state index in [1.54, 1.807) is 7.11 Å². The molecular formula is C9H16N2O4S. The highest BCUT2D eigenvalue weighted by Gasteiger charge is 2.22. The molecule has 0 aromatic carbocycles. The standard InChI is InChI=1S/C9H16N2O4S/c1-10-9(12)15-11-8-7(3-4-13-2)14-5-6-16-8/h7H,3-6H2,1-2H3,(H,10,12). The van der Waals surface area contributed by atoms with E-state index in [4.69, 9.17) is 9.47 Å². The second-order valence-corrected chi connectivity index (χ2v) is 4.16. The molecule has 0 aromatic heterocycles. The predicted molar refractivity (Wildman–Crippen MR) is 61.7 cm³/mol. The van der Waals surface area contributed by atoms with Gasteiger partial charge < -0.3 is 14.8 Å². The van der Waals surface area contributed by atoms with Gasteiger partial charge in [0.1, 0.15) is 11.1 Å². The van der Waals surface area contributed by atoms with Crippen molar-refractivity contribution in [1.82, 2.24) is 5.32 Å². The molecule has 0 aromatic rings. The maximum absolute atomic E-state index is 10.9. The van der Waals surface area contributed by atoms with E-state index in [9.17, 15) is 4.79 Å². The molecule has 16 heavy (non-hydrogen) atoms. The summed E-state index contributed by atoms with van der Waals surface area (Å²) in [6.45, 7) is 1.27. The molecule has 1 aliphatic heterocycles. The fourth-order valence-corrected chi connectivity index (χ4v) is 2.00. The monoisotopic (exact) mass is 248 g/mol. The largest absolute Gasteiger partial charge is 0.433 e. The molecule has 1 amide bonds. The van der Waals surface area contributed by atoms with Crippen LogP contribution in [0.2, 0.25) is 0 Å². The van der Waals surface area contributed by atoms with Crippen LogP contribution in [0.4, 0.5) is 4.79 Å². The van der Waals surface area contributed by atoms with Gasteiger partial charge in [0, 0.05) is 32.9 Å². The molecule has 0 saturated carbocycles. The van der Waals surface area contributed by atoms with Crippen LogP contribution in [0, 0.1) is 0 Å². The Morgan fingerprint density at radius 1 is 1.75 bits per heavy atom. The van der Waals surface area contributed by atoms with Crippen molar-refractivity contribution < 1.29 is 19.1 Å².